The van der Waals surface area contributed by atoms with Crippen LogP contribution in [0.25, 0.3) is 0 Å². The van der Waals surface area contributed by atoms with E-state index in [2.05, 4.69) is 0 Å². The number of aryl methyl sites for hydroxylation is 1. The van der Waals surface area contributed by atoms with E-state index in [9.17, 15) is 8.42 Å². The van der Waals surface area contributed by atoms with E-state index in [0.29, 0.717) is 24.1 Å². The molecule has 3 rings (SSSR count). The van der Waals surface area contributed by atoms with Crippen LogP contribution in [-0.4, -0.2) is 38.0 Å². The van der Waals surface area contributed by atoms with Gasteiger partial charge in [0.15, 0.2) is 0 Å². The molecule has 92 valence electrons. The highest BCUT2D eigenvalue weighted by molar-refractivity contribution is 7.89. The van der Waals surface area contributed by atoms with Gasteiger partial charge in [-0.05, 0) is 25.5 Å². The molecule has 2 fully saturated rings. The molecule has 2 unspecified atom stereocenters. The van der Waals surface area contributed by atoms with E-state index in [1.807, 2.05) is 19.1 Å². The molecule has 2 atom stereocenters. The maximum atomic E-state index is 12.3. The topological polar surface area (TPSA) is 49.9 Å². The van der Waals surface area contributed by atoms with Crippen molar-refractivity contribution < 1.29 is 13.2 Å². The number of nitrogens with zero attached hydrogens (tertiary/aromatic N) is 1. The summed E-state index contributed by atoms with van der Waals surface area (Å²) in [7, 11) is -3.33. The second-order valence-electron chi connectivity index (χ2n) is 4.68. The van der Waals surface area contributed by atoms with E-state index < -0.39 is 10.0 Å². The fourth-order valence-electron chi connectivity index (χ4n) is 2.23. The minimum Gasteiger partial charge on any atom is -0.368 e. The molecule has 2 heterocycles. The predicted octanol–water partition coefficient (Wildman–Crippen LogP) is 1.16. The van der Waals surface area contributed by atoms with E-state index >= 15 is 0 Å². The van der Waals surface area contributed by atoms with E-state index in [0.717, 1.165) is 12.0 Å². The highest BCUT2D eigenvalue weighted by atomic mass is 32.2. The molecule has 0 saturated carbocycles. The van der Waals surface area contributed by atoms with Gasteiger partial charge in [0.2, 0.25) is 10.0 Å². The van der Waals surface area contributed by atoms with Crippen LogP contribution in [0.15, 0.2) is 29.2 Å². The van der Waals surface area contributed by atoms with Crippen molar-refractivity contribution >= 4 is 10.0 Å². The van der Waals surface area contributed by atoms with Crippen LogP contribution in [0.1, 0.15) is 12.0 Å². The predicted molar refractivity (Wildman–Crippen MR) is 63.2 cm³/mol. The molecule has 0 N–H and O–H groups in total. The van der Waals surface area contributed by atoms with Gasteiger partial charge in [-0.1, -0.05) is 17.7 Å². The molecule has 0 bridgehead atoms. The van der Waals surface area contributed by atoms with Crippen LogP contribution < -0.4 is 0 Å². The lowest BCUT2D eigenvalue weighted by Crippen LogP contribution is -2.39. The monoisotopic (exact) mass is 253 g/mol. The molecular weight excluding hydrogens is 238 g/mol. The lowest BCUT2D eigenvalue weighted by Gasteiger charge is -2.23. The zero-order valence-electron chi connectivity index (χ0n) is 9.67. The molecule has 1 aromatic rings. The second-order valence-corrected chi connectivity index (χ2v) is 6.62. The SMILES string of the molecule is Cc1ccc(S(=O)(=O)N2CCC3OC3C2)cc1. The van der Waals surface area contributed by atoms with Crippen LogP contribution in [0.4, 0.5) is 0 Å². The number of hydrogen-bond donors (Lipinski definition) is 0. The third-order valence-electron chi connectivity index (χ3n) is 3.39. The minimum atomic E-state index is -3.33. The number of fused-ring (bicyclic) bond motifs is 1. The third kappa shape index (κ3) is 1.99. The van der Waals surface area contributed by atoms with Crippen molar-refractivity contribution in [3.8, 4) is 0 Å². The first-order valence-corrected chi connectivity index (χ1v) is 7.24. The molecule has 0 aliphatic carbocycles. The summed E-state index contributed by atoms with van der Waals surface area (Å²) >= 11 is 0. The Kier molecular flexibility index (Phi) is 2.50. The fraction of sp³-hybridized carbons (Fsp3) is 0.500. The number of epoxide rings is 1. The Morgan fingerprint density at radius 1 is 1.24 bits per heavy atom. The first-order chi connectivity index (χ1) is 8.07. The van der Waals surface area contributed by atoms with E-state index in [4.69, 9.17) is 4.74 Å². The minimum absolute atomic E-state index is 0.129. The van der Waals surface area contributed by atoms with Crippen LogP contribution in [0.2, 0.25) is 0 Å². The molecule has 1 aromatic carbocycles. The Balaban J connectivity index is 1.87. The van der Waals surface area contributed by atoms with Crippen LogP contribution in [0, 0.1) is 6.92 Å². The van der Waals surface area contributed by atoms with Crippen molar-refractivity contribution in [3.05, 3.63) is 29.8 Å². The van der Waals surface area contributed by atoms with Gasteiger partial charge < -0.3 is 4.74 Å². The smallest absolute Gasteiger partial charge is 0.243 e. The third-order valence-corrected chi connectivity index (χ3v) is 5.27. The van der Waals surface area contributed by atoms with E-state index in [1.54, 1.807) is 12.1 Å². The van der Waals surface area contributed by atoms with E-state index in [-0.39, 0.29) is 6.10 Å². The van der Waals surface area contributed by atoms with Crippen LogP contribution >= 0.6 is 0 Å². The Hall–Kier alpha value is -0.910. The molecule has 4 nitrogen and oxygen atoms in total. The van der Waals surface area contributed by atoms with E-state index in [1.165, 1.54) is 4.31 Å². The Morgan fingerprint density at radius 2 is 1.94 bits per heavy atom. The molecule has 0 radical (unpaired) electrons. The van der Waals surface area contributed by atoms with Gasteiger partial charge in [-0.15, -0.1) is 0 Å². The van der Waals surface area contributed by atoms with Gasteiger partial charge in [0, 0.05) is 13.1 Å². The molecule has 5 heteroatoms. The summed E-state index contributed by atoms with van der Waals surface area (Å²) in [4.78, 5) is 0.377. The molecule has 17 heavy (non-hydrogen) atoms. The van der Waals surface area contributed by atoms with Gasteiger partial charge in [0.1, 0.15) is 0 Å². The van der Waals surface area contributed by atoms with Crippen molar-refractivity contribution in [3.63, 3.8) is 0 Å². The molecule has 0 amide bonds. The first kappa shape index (κ1) is 11.2. The zero-order chi connectivity index (χ0) is 12.0. The van der Waals surface area contributed by atoms with Crippen molar-refractivity contribution in [2.75, 3.05) is 13.1 Å². The summed E-state index contributed by atoms with van der Waals surface area (Å²) in [6.07, 6.45) is 1.25. The maximum Gasteiger partial charge on any atom is 0.243 e. The molecule has 2 saturated heterocycles. The van der Waals surface area contributed by atoms with Crippen molar-refractivity contribution in [2.45, 2.75) is 30.4 Å². The van der Waals surface area contributed by atoms with Gasteiger partial charge in [-0.3, -0.25) is 0 Å². The van der Waals surface area contributed by atoms with Gasteiger partial charge >= 0.3 is 0 Å². The first-order valence-electron chi connectivity index (χ1n) is 5.80. The fourth-order valence-corrected chi connectivity index (χ4v) is 3.70. The van der Waals surface area contributed by atoms with Gasteiger partial charge in [0.25, 0.3) is 0 Å². The van der Waals surface area contributed by atoms with Crippen LogP contribution in [-0.2, 0) is 14.8 Å². The average Bonchev–Trinajstić information content (AvgIpc) is 3.07. The molecule has 0 aromatic heterocycles. The Labute approximate surface area is 101 Å². The second kappa shape index (κ2) is 3.80. The summed E-state index contributed by atoms with van der Waals surface area (Å²) in [5.41, 5.74) is 1.06. The number of ether oxygens (including phenoxy) is 1. The van der Waals surface area contributed by atoms with Crippen LogP contribution in [0.3, 0.4) is 0 Å². The quantitative estimate of drug-likeness (QED) is 0.743. The van der Waals surface area contributed by atoms with Crippen LogP contribution in [0.5, 0.6) is 0 Å². The normalized spacial score (nSPS) is 28.8. The zero-order valence-corrected chi connectivity index (χ0v) is 10.5. The number of hydrogen-bond acceptors (Lipinski definition) is 3. The lowest BCUT2D eigenvalue weighted by atomic mass is 10.2. The van der Waals surface area contributed by atoms with Gasteiger partial charge in [0.05, 0.1) is 17.1 Å². The van der Waals surface area contributed by atoms with Crippen molar-refractivity contribution in [1.82, 2.24) is 4.31 Å². The Morgan fingerprint density at radius 3 is 2.59 bits per heavy atom. The Bertz CT molecular complexity index is 523. The average molecular weight is 253 g/mol. The maximum absolute atomic E-state index is 12.3. The summed E-state index contributed by atoms with van der Waals surface area (Å²) in [5, 5.41) is 0. The number of piperidine rings is 1. The number of rotatable bonds is 2. The number of sulfonamides is 1. The summed E-state index contributed by atoms with van der Waals surface area (Å²) in [6.45, 7) is 3.01. The van der Waals surface area contributed by atoms with Crippen molar-refractivity contribution in [1.29, 1.82) is 0 Å². The lowest BCUT2D eigenvalue weighted by molar-refractivity contribution is 0.357. The molecule has 0 spiro atoms. The number of benzene rings is 1. The standard InChI is InChI=1S/C12H15NO3S/c1-9-2-4-10(5-3-9)17(14,15)13-7-6-11-12(8-13)16-11/h2-5,11-12H,6-8H2,1H3. The van der Waals surface area contributed by atoms with Gasteiger partial charge in [-0.25, -0.2) is 8.42 Å². The van der Waals surface area contributed by atoms with Crippen molar-refractivity contribution in [2.24, 2.45) is 0 Å². The molecular formula is C12H15NO3S. The summed E-state index contributed by atoms with van der Waals surface area (Å²) in [5.74, 6) is 0. The summed E-state index contributed by atoms with van der Waals surface area (Å²) in [6, 6.07) is 7.00. The molecule has 2 aliphatic rings. The summed E-state index contributed by atoms with van der Waals surface area (Å²) < 4.78 is 31.6. The highest BCUT2D eigenvalue weighted by Gasteiger charge is 2.46. The molecule has 2 aliphatic heterocycles. The highest BCUT2D eigenvalue weighted by Crippen LogP contribution is 2.33. The largest absolute Gasteiger partial charge is 0.368 e. The van der Waals surface area contributed by atoms with Gasteiger partial charge in [-0.2, -0.15) is 4.31 Å².